The lowest BCUT2D eigenvalue weighted by Gasteiger charge is -2.27. The molecule has 9 heteroatoms. The van der Waals surface area contributed by atoms with Crippen LogP contribution in [0.2, 0.25) is 0 Å². The second-order valence-electron chi connectivity index (χ2n) is 7.27. The summed E-state index contributed by atoms with van der Waals surface area (Å²) >= 11 is 0. The van der Waals surface area contributed by atoms with Crippen molar-refractivity contribution < 1.29 is 23.5 Å². The van der Waals surface area contributed by atoms with Gasteiger partial charge in [-0.3, -0.25) is 14.4 Å². The van der Waals surface area contributed by atoms with Crippen molar-refractivity contribution >= 4 is 29.1 Å². The smallest absolute Gasteiger partial charge is 0.253 e. The maximum Gasteiger partial charge on any atom is 0.253 e. The molecular formula is C18H25FN4O4. The van der Waals surface area contributed by atoms with Crippen molar-refractivity contribution in [2.24, 2.45) is 11.1 Å². The number of nitrogens with two attached hydrogens (primary N) is 1. The number of ether oxygens (including phenoxy) is 1. The van der Waals surface area contributed by atoms with Crippen molar-refractivity contribution in [1.82, 2.24) is 5.32 Å². The fourth-order valence-electron chi connectivity index (χ4n) is 2.41. The SMILES string of the molecule is CC(C)(C)C(=O)N[C@H](CN)C(=O)Nc1ccc(N2CCOCC2=O)c(F)c1. The van der Waals surface area contributed by atoms with Crippen LogP contribution in [0.1, 0.15) is 20.8 Å². The van der Waals surface area contributed by atoms with Crippen molar-refractivity contribution in [2.45, 2.75) is 26.8 Å². The van der Waals surface area contributed by atoms with Crippen LogP contribution in [0.4, 0.5) is 15.8 Å². The zero-order valence-corrected chi connectivity index (χ0v) is 15.7. The highest BCUT2D eigenvalue weighted by atomic mass is 19.1. The number of morpholine rings is 1. The van der Waals surface area contributed by atoms with Gasteiger partial charge in [0, 0.05) is 24.2 Å². The van der Waals surface area contributed by atoms with Crippen molar-refractivity contribution in [3.05, 3.63) is 24.0 Å². The third-order valence-electron chi connectivity index (χ3n) is 4.03. The molecule has 8 nitrogen and oxygen atoms in total. The molecule has 4 N–H and O–H groups in total. The lowest BCUT2D eigenvalue weighted by Crippen LogP contribution is -2.51. The Morgan fingerprint density at radius 2 is 2.07 bits per heavy atom. The van der Waals surface area contributed by atoms with Gasteiger partial charge in [-0.1, -0.05) is 20.8 Å². The third-order valence-corrected chi connectivity index (χ3v) is 4.03. The standard InChI is InChI=1S/C18H25FN4O4/c1-18(2,3)17(26)22-13(9-20)16(25)21-11-4-5-14(12(19)8-11)23-6-7-27-10-15(23)24/h4-5,8,13H,6-7,9-10,20H2,1-3H3,(H,21,25)(H,22,26)/t13-/m1/s1. The van der Waals surface area contributed by atoms with E-state index in [9.17, 15) is 18.8 Å². The molecule has 1 aromatic carbocycles. The van der Waals surface area contributed by atoms with Gasteiger partial charge in [0.05, 0.1) is 12.3 Å². The van der Waals surface area contributed by atoms with Crippen molar-refractivity contribution in [1.29, 1.82) is 0 Å². The van der Waals surface area contributed by atoms with Crippen LogP contribution in [-0.4, -0.2) is 50.1 Å². The molecule has 1 atom stereocenters. The van der Waals surface area contributed by atoms with E-state index >= 15 is 0 Å². The molecule has 1 aromatic rings. The third kappa shape index (κ3) is 5.24. The molecule has 1 aliphatic rings. The van der Waals surface area contributed by atoms with E-state index in [0.717, 1.165) is 6.07 Å². The van der Waals surface area contributed by atoms with Crippen LogP contribution in [0, 0.1) is 11.2 Å². The van der Waals surface area contributed by atoms with E-state index in [2.05, 4.69) is 10.6 Å². The Bertz CT molecular complexity index is 733. The summed E-state index contributed by atoms with van der Waals surface area (Å²) in [7, 11) is 0. The molecule has 27 heavy (non-hydrogen) atoms. The summed E-state index contributed by atoms with van der Waals surface area (Å²) in [5.41, 5.74) is 5.23. The number of anilines is 2. The molecule has 148 valence electrons. The first-order chi connectivity index (χ1) is 12.6. The van der Waals surface area contributed by atoms with Gasteiger partial charge < -0.3 is 26.0 Å². The number of halogens is 1. The number of carbonyl (C=O) groups is 3. The molecule has 0 spiro atoms. The topological polar surface area (TPSA) is 114 Å². The average molecular weight is 380 g/mol. The van der Waals surface area contributed by atoms with Gasteiger partial charge in [-0.25, -0.2) is 4.39 Å². The van der Waals surface area contributed by atoms with Crippen LogP contribution < -0.4 is 21.3 Å². The van der Waals surface area contributed by atoms with Crippen LogP contribution in [-0.2, 0) is 19.1 Å². The number of amides is 3. The Morgan fingerprint density at radius 3 is 2.63 bits per heavy atom. The quantitative estimate of drug-likeness (QED) is 0.693. The van der Waals surface area contributed by atoms with Gasteiger partial charge in [0.2, 0.25) is 11.8 Å². The molecule has 1 fully saturated rings. The lowest BCUT2D eigenvalue weighted by atomic mass is 9.95. The second kappa shape index (κ2) is 8.45. The van der Waals surface area contributed by atoms with Gasteiger partial charge in [0.25, 0.3) is 5.91 Å². The molecule has 1 aliphatic heterocycles. The highest BCUT2D eigenvalue weighted by Crippen LogP contribution is 2.24. The summed E-state index contributed by atoms with van der Waals surface area (Å²) in [5.74, 6) is -1.85. The molecule has 0 aliphatic carbocycles. The Balaban J connectivity index is 2.08. The van der Waals surface area contributed by atoms with Gasteiger partial charge >= 0.3 is 0 Å². The molecule has 0 unspecified atom stereocenters. The second-order valence-corrected chi connectivity index (χ2v) is 7.27. The van der Waals surface area contributed by atoms with E-state index in [1.54, 1.807) is 20.8 Å². The fraction of sp³-hybridized carbons (Fsp3) is 0.500. The van der Waals surface area contributed by atoms with Crippen LogP contribution in [0.5, 0.6) is 0 Å². The number of nitrogens with zero attached hydrogens (tertiary/aromatic N) is 1. The minimum atomic E-state index is -0.944. The van der Waals surface area contributed by atoms with Gasteiger partial charge in [-0.15, -0.1) is 0 Å². The molecular weight excluding hydrogens is 355 g/mol. The summed E-state index contributed by atoms with van der Waals surface area (Å²) in [6.07, 6.45) is 0. The Labute approximate surface area is 157 Å². The Morgan fingerprint density at radius 1 is 1.37 bits per heavy atom. The number of hydrogen-bond acceptors (Lipinski definition) is 5. The maximum absolute atomic E-state index is 14.4. The molecule has 2 rings (SSSR count). The van der Waals surface area contributed by atoms with E-state index in [4.69, 9.17) is 10.5 Å². The van der Waals surface area contributed by atoms with Gasteiger partial charge in [0.1, 0.15) is 18.5 Å². The van der Waals surface area contributed by atoms with Crippen LogP contribution in [0.15, 0.2) is 18.2 Å². The van der Waals surface area contributed by atoms with Gasteiger partial charge in [-0.05, 0) is 18.2 Å². The maximum atomic E-state index is 14.4. The first-order valence-electron chi connectivity index (χ1n) is 8.63. The van der Waals surface area contributed by atoms with Crippen LogP contribution in [0.25, 0.3) is 0 Å². The van der Waals surface area contributed by atoms with Crippen molar-refractivity contribution in [3.8, 4) is 0 Å². The van der Waals surface area contributed by atoms with Crippen LogP contribution in [0.3, 0.4) is 0 Å². The molecule has 0 radical (unpaired) electrons. The molecule has 3 amide bonds. The minimum Gasteiger partial charge on any atom is -0.370 e. The van der Waals surface area contributed by atoms with Crippen molar-refractivity contribution in [2.75, 3.05) is 36.5 Å². The average Bonchev–Trinajstić information content (AvgIpc) is 2.59. The molecule has 1 saturated heterocycles. The minimum absolute atomic E-state index is 0.0937. The van der Waals surface area contributed by atoms with Crippen LogP contribution >= 0.6 is 0 Å². The highest BCUT2D eigenvalue weighted by molar-refractivity contribution is 5.99. The molecule has 0 saturated carbocycles. The summed E-state index contributed by atoms with van der Waals surface area (Å²) in [5, 5.41) is 5.10. The summed E-state index contributed by atoms with van der Waals surface area (Å²) < 4.78 is 19.5. The lowest BCUT2D eigenvalue weighted by molar-refractivity contribution is -0.131. The van der Waals surface area contributed by atoms with E-state index in [0.29, 0.717) is 6.61 Å². The number of nitrogens with one attached hydrogen (secondary N) is 2. The highest BCUT2D eigenvalue weighted by Gasteiger charge is 2.27. The fourth-order valence-corrected chi connectivity index (χ4v) is 2.41. The van der Waals surface area contributed by atoms with E-state index in [1.807, 2.05) is 0 Å². The van der Waals surface area contributed by atoms with E-state index in [-0.39, 0.29) is 42.9 Å². The Kier molecular flexibility index (Phi) is 6.50. The summed E-state index contributed by atoms with van der Waals surface area (Å²) in [6, 6.07) is 3.08. The van der Waals surface area contributed by atoms with Gasteiger partial charge in [0.15, 0.2) is 0 Å². The number of carbonyl (C=O) groups excluding carboxylic acids is 3. The van der Waals surface area contributed by atoms with E-state index in [1.165, 1.54) is 17.0 Å². The molecule has 0 aromatic heterocycles. The summed E-state index contributed by atoms with van der Waals surface area (Å²) in [4.78, 5) is 37.5. The Hall–Kier alpha value is -2.52. The van der Waals surface area contributed by atoms with E-state index < -0.39 is 23.2 Å². The first-order valence-corrected chi connectivity index (χ1v) is 8.63. The van der Waals surface area contributed by atoms with Gasteiger partial charge in [-0.2, -0.15) is 0 Å². The predicted molar refractivity (Wildman–Crippen MR) is 98.6 cm³/mol. The zero-order chi connectivity index (χ0) is 20.2. The first kappa shape index (κ1) is 20.8. The molecule has 1 heterocycles. The number of hydrogen-bond donors (Lipinski definition) is 3. The zero-order valence-electron chi connectivity index (χ0n) is 15.7. The largest absolute Gasteiger partial charge is 0.370 e. The summed E-state index contributed by atoms with van der Waals surface area (Å²) in [6.45, 7) is 5.55. The molecule has 0 bridgehead atoms. The monoisotopic (exact) mass is 380 g/mol. The van der Waals surface area contributed by atoms with Crippen molar-refractivity contribution in [3.63, 3.8) is 0 Å². The predicted octanol–water partition coefficient (Wildman–Crippen LogP) is 0.617. The number of benzene rings is 1. The normalized spacial score (nSPS) is 16.0. The number of rotatable bonds is 5.